The molecule has 1 aromatic carbocycles. The molecule has 20 heavy (non-hydrogen) atoms. The van der Waals surface area contributed by atoms with Crippen molar-refractivity contribution in [1.29, 1.82) is 0 Å². The third-order valence-corrected chi connectivity index (χ3v) is 3.50. The SMILES string of the molecule is CC1(NC(=O)c2ccc([N+](=O)[O-])c(N)c2)CCOCC1. The molecule has 1 heterocycles. The number of carbonyl (C=O) groups excluding carboxylic acids is 1. The first-order valence-electron chi connectivity index (χ1n) is 6.35. The predicted octanol–water partition coefficient (Wildman–Crippen LogP) is 1.48. The zero-order valence-electron chi connectivity index (χ0n) is 11.2. The zero-order valence-corrected chi connectivity index (χ0v) is 11.2. The van der Waals surface area contributed by atoms with Crippen molar-refractivity contribution in [3.05, 3.63) is 33.9 Å². The first kappa shape index (κ1) is 14.3. The molecular formula is C13H17N3O4. The molecular weight excluding hydrogens is 262 g/mol. The highest BCUT2D eigenvalue weighted by atomic mass is 16.6. The highest BCUT2D eigenvalue weighted by molar-refractivity contribution is 5.96. The van der Waals surface area contributed by atoms with Crippen LogP contribution >= 0.6 is 0 Å². The Labute approximate surface area is 116 Å². The molecule has 1 aromatic rings. The van der Waals surface area contributed by atoms with Gasteiger partial charge in [0.2, 0.25) is 0 Å². The molecule has 3 N–H and O–H groups in total. The van der Waals surface area contributed by atoms with Crippen LogP contribution in [-0.2, 0) is 4.74 Å². The maximum Gasteiger partial charge on any atom is 0.292 e. The van der Waals surface area contributed by atoms with Gasteiger partial charge in [-0.3, -0.25) is 14.9 Å². The van der Waals surface area contributed by atoms with Gasteiger partial charge in [0.1, 0.15) is 5.69 Å². The van der Waals surface area contributed by atoms with E-state index in [1.165, 1.54) is 18.2 Å². The van der Waals surface area contributed by atoms with Gasteiger partial charge in [-0.1, -0.05) is 0 Å². The largest absolute Gasteiger partial charge is 0.393 e. The van der Waals surface area contributed by atoms with Gasteiger partial charge in [-0.15, -0.1) is 0 Å². The fourth-order valence-corrected chi connectivity index (χ4v) is 2.16. The van der Waals surface area contributed by atoms with Gasteiger partial charge < -0.3 is 15.8 Å². The van der Waals surface area contributed by atoms with Crippen LogP contribution in [0.5, 0.6) is 0 Å². The Bertz CT molecular complexity index is 538. The number of nitro groups is 1. The summed E-state index contributed by atoms with van der Waals surface area (Å²) >= 11 is 0. The summed E-state index contributed by atoms with van der Waals surface area (Å²) in [6, 6.07) is 3.99. The summed E-state index contributed by atoms with van der Waals surface area (Å²) in [5.41, 5.74) is 5.38. The summed E-state index contributed by atoms with van der Waals surface area (Å²) in [6.45, 7) is 3.18. The summed E-state index contributed by atoms with van der Waals surface area (Å²) in [5.74, 6) is -0.281. The van der Waals surface area contributed by atoms with Gasteiger partial charge in [-0.25, -0.2) is 0 Å². The number of hydrogen-bond donors (Lipinski definition) is 2. The predicted molar refractivity (Wildman–Crippen MR) is 73.4 cm³/mol. The second-order valence-electron chi connectivity index (χ2n) is 5.16. The lowest BCUT2D eigenvalue weighted by Crippen LogP contribution is -2.49. The average molecular weight is 279 g/mol. The molecule has 1 aliphatic heterocycles. The number of benzene rings is 1. The van der Waals surface area contributed by atoms with Crippen molar-refractivity contribution >= 4 is 17.3 Å². The minimum absolute atomic E-state index is 0.0141. The molecule has 0 radical (unpaired) electrons. The lowest BCUT2D eigenvalue weighted by atomic mass is 9.92. The number of ether oxygens (including phenoxy) is 1. The molecule has 0 bridgehead atoms. The van der Waals surface area contributed by atoms with Gasteiger partial charge in [0.25, 0.3) is 11.6 Å². The van der Waals surface area contributed by atoms with E-state index in [1.54, 1.807) is 0 Å². The quantitative estimate of drug-likeness (QED) is 0.495. The number of nitrogens with two attached hydrogens (primary N) is 1. The number of anilines is 1. The Morgan fingerprint density at radius 2 is 2.10 bits per heavy atom. The molecule has 2 rings (SSSR count). The van der Waals surface area contributed by atoms with Crippen LogP contribution in [0, 0.1) is 10.1 Å². The van der Waals surface area contributed by atoms with Crippen LogP contribution in [0.2, 0.25) is 0 Å². The van der Waals surface area contributed by atoms with Crippen molar-refractivity contribution in [2.45, 2.75) is 25.3 Å². The molecule has 0 spiro atoms. The van der Waals surface area contributed by atoms with Crippen LogP contribution in [0.25, 0.3) is 0 Å². The normalized spacial score (nSPS) is 17.4. The monoisotopic (exact) mass is 279 g/mol. The molecule has 1 amide bonds. The molecule has 108 valence electrons. The third kappa shape index (κ3) is 3.05. The van der Waals surface area contributed by atoms with Crippen molar-refractivity contribution in [3.8, 4) is 0 Å². The molecule has 1 fully saturated rings. The van der Waals surface area contributed by atoms with E-state index in [9.17, 15) is 14.9 Å². The van der Waals surface area contributed by atoms with E-state index in [-0.39, 0.29) is 22.8 Å². The molecule has 0 aliphatic carbocycles. The number of nitro benzene ring substituents is 1. The van der Waals surface area contributed by atoms with E-state index in [4.69, 9.17) is 10.5 Å². The average Bonchev–Trinajstić information content (AvgIpc) is 2.38. The van der Waals surface area contributed by atoms with Crippen LogP contribution in [0.15, 0.2) is 18.2 Å². The summed E-state index contributed by atoms with van der Waals surface area (Å²) < 4.78 is 5.27. The van der Waals surface area contributed by atoms with Crippen LogP contribution in [0.4, 0.5) is 11.4 Å². The number of hydrogen-bond acceptors (Lipinski definition) is 5. The van der Waals surface area contributed by atoms with Crippen LogP contribution in [-0.4, -0.2) is 29.6 Å². The van der Waals surface area contributed by atoms with Crippen molar-refractivity contribution in [1.82, 2.24) is 5.32 Å². The molecule has 1 aliphatic rings. The standard InChI is InChI=1S/C13H17N3O4/c1-13(4-6-20-7-5-13)15-12(17)9-2-3-11(16(18)19)10(14)8-9/h2-3,8H,4-7,14H2,1H3,(H,15,17). The maximum atomic E-state index is 12.2. The topological polar surface area (TPSA) is 107 Å². The molecule has 0 unspecified atom stereocenters. The zero-order chi connectivity index (χ0) is 14.8. The van der Waals surface area contributed by atoms with E-state index in [1.807, 2.05) is 6.92 Å². The lowest BCUT2D eigenvalue weighted by molar-refractivity contribution is -0.383. The summed E-state index contributed by atoms with van der Waals surface area (Å²) in [7, 11) is 0. The molecule has 7 nitrogen and oxygen atoms in total. The minimum atomic E-state index is -0.573. The summed E-state index contributed by atoms with van der Waals surface area (Å²) in [6.07, 6.45) is 1.47. The van der Waals surface area contributed by atoms with Gasteiger partial charge in [0.15, 0.2) is 0 Å². The van der Waals surface area contributed by atoms with Crippen LogP contribution in [0.3, 0.4) is 0 Å². The second-order valence-corrected chi connectivity index (χ2v) is 5.16. The van der Waals surface area contributed by atoms with Crippen LogP contribution < -0.4 is 11.1 Å². The van der Waals surface area contributed by atoms with E-state index < -0.39 is 4.92 Å². The van der Waals surface area contributed by atoms with Gasteiger partial charge in [-0.05, 0) is 31.9 Å². The van der Waals surface area contributed by atoms with Crippen LogP contribution in [0.1, 0.15) is 30.1 Å². The first-order valence-corrected chi connectivity index (χ1v) is 6.35. The van der Waals surface area contributed by atoms with Crippen molar-refractivity contribution in [2.24, 2.45) is 0 Å². The number of nitrogens with zero attached hydrogens (tertiary/aromatic N) is 1. The lowest BCUT2D eigenvalue weighted by Gasteiger charge is -2.34. The molecule has 1 saturated heterocycles. The number of amides is 1. The Kier molecular flexibility index (Phi) is 3.89. The van der Waals surface area contributed by atoms with Gasteiger partial charge in [0, 0.05) is 30.4 Å². The first-order chi connectivity index (χ1) is 9.41. The second kappa shape index (κ2) is 5.46. The van der Waals surface area contributed by atoms with Crippen molar-refractivity contribution in [2.75, 3.05) is 18.9 Å². The van der Waals surface area contributed by atoms with E-state index >= 15 is 0 Å². The number of rotatable bonds is 3. The summed E-state index contributed by atoms with van der Waals surface area (Å²) in [4.78, 5) is 22.3. The van der Waals surface area contributed by atoms with Gasteiger partial charge >= 0.3 is 0 Å². The molecule has 0 atom stereocenters. The third-order valence-electron chi connectivity index (χ3n) is 3.50. The van der Waals surface area contributed by atoms with Crippen molar-refractivity contribution in [3.63, 3.8) is 0 Å². The highest BCUT2D eigenvalue weighted by Crippen LogP contribution is 2.24. The highest BCUT2D eigenvalue weighted by Gasteiger charge is 2.29. The Balaban J connectivity index is 2.13. The molecule has 7 heteroatoms. The maximum absolute atomic E-state index is 12.2. The molecule has 0 saturated carbocycles. The molecule has 0 aromatic heterocycles. The fourth-order valence-electron chi connectivity index (χ4n) is 2.16. The smallest absolute Gasteiger partial charge is 0.292 e. The van der Waals surface area contributed by atoms with E-state index in [0.717, 1.165) is 12.8 Å². The Hall–Kier alpha value is -2.15. The summed E-state index contributed by atoms with van der Waals surface area (Å²) in [5, 5.41) is 13.6. The van der Waals surface area contributed by atoms with E-state index in [0.29, 0.717) is 18.8 Å². The van der Waals surface area contributed by atoms with Gasteiger partial charge in [0.05, 0.1) is 4.92 Å². The minimum Gasteiger partial charge on any atom is -0.393 e. The number of nitrogen functional groups attached to an aromatic ring is 1. The van der Waals surface area contributed by atoms with Crippen molar-refractivity contribution < 1.29 is 14.5 Å². The number of carbonyl (C=O) groups is 1. The Morgan fingerprint density at radius 3 is 2.65 bits per heavy atom. The fraction of sp³-hybridized carbons (Fsp3) is 0.462. The van der Waals surface area contributed by atoms with Gasteiger partial charge in [-0.2, -0.15) is 0 Å². The van der Waals surface area contributed by atoms with E-state index in [2.05, 4.69) is 5.32 Å². The number of nitrogens with one attached hydrogen (secondary N) is 1. The Morgan fingerprint density at radius 1 is 1.45 bits per heavy atom.